The van der Waals surface area contributed by atoms with E-state index < -0.39 is 8.20 Å². The molecule has 0 heterocycles. The fourth-order valence-electron chi connectivity index (χ4n) is 0.369. The second kappa shape index (κ2) is 7.26. The molecule has 0 spiro atoms. The average molecular weight is 167 g/mol. The molecule has 0 aromatic carbocycles. The van der Waals surface area contributed by atoms with E-state index in [9.17, 15) is 4.57 Å². The van der Waals surface area contributed by atoms with Gasteiger partial charge in [-0.1, -0.05) is 13.8 Å². The minimum absolute atomic E-state index is 0.324. The third-order valence-corrected chi connectivity index (χ3v) is 1.59. The van der Waals surface area contributed by atoms with E-state index in [1.54, 1.807) is 0 Å². The molecule has 0 radical (unpaired) electrons. The van der Waals surface area contributed by atoms with Crippen molar-refractivity contribution in [2.45, 2.75) is 26.7 Å². The Hall–Kier alpha value is 0.150. The molecular weight excluding hydrogens is 151 g/mol. The van der Waals surface area contributed by atoms with Gasteiger partial charge in [0.25, 0.3) is 0 Å². The number of hydrogen-bond acceptors (Lipinski definition) is 3. The summed E-state index contributed by atoms with van der Waals surface area (Å²) < 4.78 is 27.4. The Morgan fingerprint density at radius 1 is 1.30 bits per heavy atom. The van der Waals surface area contributed by atoms with Crippen molar-refractivity contribution in [3.05, 3.63) is 0 Å². The van der Waals surface area contributed by atoms with Crippen LogP contribution in [-0.4, -0.2) is 14.5 Å². The van der Waals surface area contributed by atoms with E-state index in [2.05, 4.69) is 9.05 Å². The Morgan fingerprint density at radius 2 is 1.70 bits per heavy atom. The SMILES string of the molecule is [2H]P(=O)(OCCC)OCCC. The molecule has 0 rings (SSSR count). The summed E-state index contributed by atoms with van der Waals surface area (Å²) in [5.41, 5.74) is 0. The largest absolute Gasteiger partial charge is 0.319 e. The maximum absolute atomic E-state index is 11.0. The first-order valence-corrected chi connectivity index (χ1v) is 4.63. The quantitative estimate of drug-likeness (QED) is 0.569. The summed E-state index contributed by atoms with van der Waals surface area (Å²) in [4.78, 5) is 0. The van der Waals surface area contributed by atoms with Crippen LogP contribution in [0.15, 0.2) is 0 Å². The van der Waals surface area contributed by atoms with Gasteiger partial charge in [-0.05, 0) is 12.8 Å². The summed E-state index contributed by atoms with van der Waals surface area (Å²) in [6.07, 6.45) is 1.50. The normalized spacial score (nSPS) is 13.2. The van der Waals surface area contributed by atoms with E-state index in [4.69, 9.17) is 1.28 Å². The summed E-state index contributed by atoms with van der Waals surface area (Å²) in [6, 6.07) is 0. The van der Waals surface area contributed by atoms with Crippen molar-refractivity contribution in [1.29, 1.82) is 1.28 Å². The van der Waals surface area contributed by atoms with Crippen LogP contribution in [0.3, 0.4) is 0 Å². The maximum Gasteiger partial charge on any atom is 0.319 e. The van der Waals surface area contributed by atoms with Crippen LogP contribution < -0.4 is 0 Å². The van der Waals surface area contributed by atoms with Gasteiger partial charge in [-0.25, -0.2) is 0 Å². The lowest BCUT2D eigenvalue weighted by Gasteiger charge is -2.01. The topological polar surface area (TPSA) is 35.5 Å². The van der Waals surface area contributed by atoms with Crippen molar-refractivity contribution in [2.24, 2.45) is 0 Å². The Kier molecular flexibility index (Phi) is 5.99. The van der Waals surface area contributed by atoms with Crippen LogP contribution in [0.25, 0.3) is 0 Å². The molecule has 3 nitrogen and oxygen atoms in total. The zero-order valence-electron chi connectivity index (χ0n) is 7.50. The number of hydrogen-bond donors (Lipinski definition) is 0. The molecular formula is C6H15O3P. The monoisotopic (exact) mass is 167 g/mol. The van der Waals surface area contributed by atoms with Crippen molar-refractivity contribution in [3.63, 3.8) is 0 Å². The summed E-state index contributed by atoms with van der Waals surface area (Å²) >= 11 is 0. The van der Waals surface area contributed by atoms with E-state index in [1.807, 2.05) is 13.8 Å². The molecule has 0 aliphatic carbocycles. The molecule has 0 unspecified atom stereocenters. The standard InChI is InChI=1S/C6H15O3P/c1-3-5-8-10(7)9-6-4-2/h10H,3-6H2,1-2H3/i10D. The van der Waals surface area contributed by atoms with Gasteiger partial charge in [0.15, 0.2) is 1.28 Å². The molecule has 0 aromatic rings. The summed E-state index contributed by atoms with van der Waals surface area (Å²) in [5, 5.41) is 0. The first-order chi connectivity index (χ1) is 5.12. The molecule has 62 valence electrons. The fourth-order valence-corrected chi connectivity index (χ4v) is 1.11. The second-order valence-electron chi connectivity index (χ2n) is 1.89. The zero-order valence-corrected chi connectivity index (χ0v) is 7.39. The van der Waals surface area contributed by atoms with Gasteiger partial charge in [0.2, 0.25) is 0 Å². The van der Waals surface area contributed by atoms with Gasteiger partial charge >= 0.3 is 8.20 Å². The predicted molar refractivity (Wildman–Crippen MR) is 41.5 cm³/mol. The average Bonchev–Trinajstić information content (AvgIpc) is 1.97. The lowest BCUT2D eigenvalue weighted by Crippen LogP contribution is -1.87. The van der Waals surface area contributed by atoms with Crippen LogP contribution in [0.5, 0.6) is 0 Å². The van der Waals surface area contributed by atoms with E-state index in [1.165, 1.54) is 0 Å². The maximum atomic E-state index is 11.0. The summed E-state index contributed by atoms with van der Waals surface area (Å²) in [6.45, 7) is 4.43. The highest BCUT2D eigenvalue weighted by Crippen LogP contribution is 2.23. The molecule has 0 N–H and O–H groups in total. The van der Waals surface area contributed by atoms with Gasteiger partial charge in [-0.15, -0.1) is 0 Å². The Balaban J connectivity index is 3.53. The third-order valence-electron chi connectivity index (χ3n) is 0.802. The van der Waals surface area contributed by atoms with Crippen molar-refractivity contribution in [2.75, 3.05) is 13.2 Å². The second-order valence-corrected chi connectivity index (χ2v) is 2.85. The van der Waals surface area contributed by atoms with Gasteiger partial charge in [0, 0.05) is 0 Å². The van der Waals surface area contributed by atoms with Crippen molar-refractivity contribution in [1.82, 2.24) is 0 Å². The zero-order chi connectivity index (χ0) is 8.74. The van der Waals surface area contributed by atoms with Crippen LogP contribution in [0.2, 0.25) is 0 Å². The minimum Gasteiger partial charge on any atom is -0.311 e. The molecule has 0 aliphatic heterocycles. The lowest BCUT2D eigenvalue weighted by atomic mass is 10.5. The fraction of sp³-hybridized carbons (Fsp3) is 1.00. The Morgan fingerprint density at radius 3 is 2.00 bits per heavy atom. The molecule has 0 amide bonds. The lowest BCUT2D eigenvalue weighted by molar-refractivity contribution is 0.226. The molecule has 0 aromatic heterocycles. The van der Waals surface area contributed by atoms with Crippen molar-refractivity contribution >= 4 is 8.20 Å². The molecule has 10 heavy (non-hydrogen) atoms. The molecule has 0 bridgehead atoms. The Labute approximate surface area is 64.0 Å². The van der Waals surface area contributed by atoms with Gasteiger partial charge in [-0.2, -0.15) is 0 Å². The van der Waals surface area contributed by atoms with Gasteiger partial charge in [-0.3, -0.25) is 4.57 Å². The van der Waals surface area contributed by atoms with E-state index in [0.717, 1.165) is 12.8 Å². The van der Waals surface area contributed by atoms with E-state index >= 15 is 0 Å². The van der Waals surface area contributed by atoms with Crippen LogP contribution in [0.1, 0.15) is 26.7 Å². The van der Waals surface area contributed by atoms with E-state index in [0.29, 0.717) is 13.2 Å². The smallest absolute Gasteiger partial charge is 0.311 e. The van der Waals surface area contributed by atoms with Gasteiger partial charge < -0.3 is 9.05 Å². The molecule has 4 heteroatoms. The highest BCUT2D eigenvalue weighted by Gasteiger charge is 1.95. The van der Waals surface area contributed by atoms with Crippen LogP contribution >= 0.6 is 8.20 Å². The van der Waals surface area contributed by atoms with Crippen molar-refractivity contribution < 1.29 is 13.6 Å². The molecule has 0 fully saturated rings. The van der Waals surface area contributed by atoms with E-state index in [-0.39, 0.29) is 0 Å². The highest BCUT2D eigenvalue weighted by atomic mass is 31.1. The molecule has 0 aliphatic rings. The Bertz CT molecular complexity index is 128. The van der Waals surface area contributed by atoms with Gasteiger partial charge in [0.05, 0.1) is 13.2 Å². The molecule has 0 saturated heterocycles. The summed E-state index contributed by atoms with van der Waals surface area (Å²) in [7, 11) is -3.48. The summed E-state index contributed by atoms with van der Waals surface area (Å²) in [5.74, 6) is 0. The molecule has 0 atom stereocenters. The highest BCUT2D eigenvalue weighted by molar-refractivity contribution is 7.33. The van der Waals surface area contributed by atoms with Crippen LogP contribution in [0, 0.1) is 0 Å². The first-order valence-electron chi connectivity index (χ1n) is 3.99. The van der Waals surface area contributed by atoms with Gasteiger partial charge in [0.1, 0.15) is 0 Å². The third kappa shape index (κ3) is 6.27. The first kappa shape index (κ1) is 8.25. The predicted octanol–water partition coefficient (Wildman–Crippen LogP) is 2.23. The van der Waals surface area contributed by atoms with Crippen LogP contribution in [-0.2, 0) is 13.6 Å². The van der Waals surface area contributed by atoms with Crippen LogP contribution in [0.4, 0.5) is 0 Å². The van der Waals surface area contributed by atoms with Crippen molar-refractivity contribution in [3.8, 4) is 0 Å². The minimum atomic E-state index is -3.48. The molecule has 0 saturated carbocycles. The number of rotatable bonds is 6.